The molecule has 0 aromatic carbocycles. The standard InChI is InChI=1S/C15H26Cl6/c1-2-12(18)13(19)8-5-9-15(21)14(20)7-4-3-6-11(17)10-16/h11-15H,2-10H2,1H3. The molecule has 0 radical (unpaired) electrons. The first-order valence-corrected chi connectivity index (χ1v) is 10.4. The average molecular weight is 419 g/mol. The quantitative estimate of drug-likeness (QED) is 0.216. The lowest BCUT2D eigenvalue weighted by Crippen LogP contribution is -2.18. The molecule has 0 bridgehead atoms. The maximum absolute atomic E-state index is 6.34. The summed E-state index contributed by atoms with van der Waals surface area (Å²) in [6, 6.07) is 0. The first kappa shape index (κ1) is 22.7. The van der Waals surface area contributed by atoms with Crippen LogP contribution in [-0.4, -0.2) is 32.8 Å². The Bertz CT molecular complexity index is 238. The molecule has 0 nitrogen and oxygen atoms in total. The molecule has 5 unspecified atom stereocenters. The van der Waals surface area contributed by atoms with Crippen molar-refractivity contribution >= 4 is 69.6 Å². The smallest absolute Gasteiger partial charge is 0.0499 e. The van der Waals surface area contributed by atoms with Crippen LogP contribution in [0.3, 0.4) is 0 Å². The number of rotatable bonds is 13. The van der Waals surface area contributed by atoms with E-state index in [-0.39, 0.29) is 26.9 Å². The highest BCUT2D eigenvalue weighted by Gasteiger charge is 2.19. The van der Waals surface area contributed by atoms with E-state index in [2.05, 4.69) is 0 Å². The van der Waals surface area contributed by atoms with Gasteiger partial charge >= 0.3 is 0 Å². The zero-order valence-electron chi connectivity index (χ0n) is 12.5. The molecule has 5 atom stereocenters. The molecule has 0 N–H and O–H groups in total. The van der Waals surface area contributed by atoms with Crippen LogP contribution in [0, 0.1) is 0 Å². The zero-order valence-corrected chi connectivity index (χ0v) is 17.1. The molecule has 0 aliphatic carbocycles. The maximum Gasteiger partial charge on any atom is 0.0499 e. The summed E-state index contributed by atoms with van der Waals surface area (Å²) in [5, 5.41) is 0.118. The van der Waals surface area contributed by atoms with Gasteiger partial charge < -0.3 is 0 Å². The maximum atomic E-state index is 6.34. The fourth-order valence-electron chi connectivity index (χ4n) is 2.09. The van der Waals surface area contributed by atoms with E-state index in [4.69, 9.17) is 69.6 Å². The molecule has 0 aliphatic rings. The number of unbranched alkanes of at least 4 members (excludes halogenated alkanes) is 1. The minimum Gasteiger partial charge on any atom is -0.125 e. The molecule has 0 rings (SSSR count). The highest BCUT2D eigenvalue weighted by molar-refractivity contribution is 6.30. The van der Waals surface area contributed by atoms with Crippen LogP contribution in [-0.2, 0) is 0 Å². The van der Waals surface area contributed by atoms with E-state index in [1.54, 1.807) is 0 Å². The minimum atomic E-state index is -0.00855. The number of hydrogen-bond donors (Lipinski definition) is 0. The van der Waals surface area contributed by atoms with Crippen LogP contribution in [0.4, 0.5) is 0 Å². The van der Waals surface area contributed by atoms with Gasteiger partial charge in [0.15, 0.2) is 0 Å². The Morgan fingerprint density at radius 2 is 1.05 bits per heavy atom. The summed E-state index contributed by atoms with van der Waals surface area (Å²) in [6.45, 7) is 2.04. The summed E-state index contributed by atoms with van der Waals surface area (Å²) in [7, 11) is 0. The minimum absolute atomic E-state index is 0.00296. The Hall–Kier alpha value is 1.74. The van der Waals surface area contributed by atoms with Crippen molar-refractivity contribution in [1.29, 1.82) is 0 Å². The number of halogens is 6. The normalized spacial score (nSPS) is 19.0. The van der Waals surface area contributed by atoms with Crippen LogP contribution in [0.5, 0.6) is 0 Å². The summed E-state index contributed by atoms with van der Waals surface area (Å²) >= 11 is 36.6. The second-order valence-electron chi connectivity index (χ2n) is 5.44. The third-order valence-electron chi connectivity index (χ3n) is 3.55. The molecule has 0 fully saturated rings. The molecule has 0 amide bonds. The molecule has 0 saturated heterocycles. The van der Waals surface area contributed by atoms with Crippen LogP contribution in [0.15, 0.2) is 0 Å². The molecular weight excluding hydrogens is 393 g/mol. The summed E-state index contributed by atoms with van der Waals surface area (Å²) in [6.07, 6.45) is 7.55. The van der Waals surface area contributed by atoms with Crippen LogP contribution in [0.25, 0.3) is 0 Å². The fraction of sp³-hybridized carbons (Fsp3) is 1.00. The van der Waals surface area contributed by atoms with Gasteiger partial charge in [0.2, 0.25) is 0 Å². The number of hydrogen-bond acceptors (Lipinski definition) is 0. The van der Waals surface area contributed by atoms with E-state index < -0.39 is 0 Å². The topological polar surface area (TPSA) is 0 Å². The van der Waals surface area contributed by atoms with Gasteiger partial charge in [-0.15, -0.1) is 69.6 Å². The molecule has 21 heavy (non-hydrogen) atoms. The second-order valence-corrected chi connectivity index (χ2v) is 8.61. The molecule has 0 spiro atoms. The average Bonchev–Trinajstić information content (AvgIpc) is 2.49. The Labute approximate surface area is 160 Å². The monoisotopic (exact) mass is 416 g/mol. The summed E-state index contributed by atoms with van der Waals surface area (Å²) in [5.74, 6) is 0.503. The van der Waals surface area contributed by atoms with Crippen molar-refractivity contribution in [3.8, 4) is 0 Å². The summed E-state index contributed by atoms with van der Waals surface area (Å²) in [4.78, 5) is 0. The van der Waals surface area contributed by atoms with Gasteiger partial charge in [0.05, 0.1) is 0 Å². The SMILES string of the molecule is CCC(Cl)C(Cl)CCCC(Cl)C(Cl)CCCCC(Cl)CCl. The van der Waals surface area contributed by atoms with Crippen LogP contribution < -0.4 is 0 Å². The van der Waals surface area contributed by atoms with Crippen LogP contribution in [0.1, 0.15) is 58.3 Å². The molecule has 0 saturated carbocycles. The second kappa shape index (κ2) is 14.1. The van der Waals surface area contributed by atoms with Crippen molar-refractivity contribution in [2.24, 2.45) is 0 Å². The lowest BCUT2D eigenvalue weighted by molar-refractivity contribution is 0.557. The molecular formula is C15H26Cl6. The van der Waals surface area contributed by atoms with Gasteiger partial charge in [0.1, 0.15) is 0 Å². The van der Waals surface area contributed by atoms with E-state index in [1.165, 1.54) is 0 Å². The predicted molar refractivity (Wildman–Crippen MR) is 102 cm³/mol. The Morgan fingerprint density at radius 3 is 1.52 bits per heavy atom. The fourth-order valence-corrected chi connectivity index (χ4v) is 3.42. The van der Waals surface area contributed by atoms with E-state index in [0.717, 1.165) is 51.4 Å². The van der Waals surface area contributed by atoms with E-state index in [9.17, 15) is 0 Å². The van der Waals surface area contributed by atoms with Gasteiger partial charge in [-0.05, 0) is 32.1 Å². The van der Waals surface area contributed by atoms with Gasteiger partial charge in [0, 0.05) is 32.8 Å². The first-order chi connectivity index (χ1) is 9.92. The molecule has 0 heterocycles. The highest BCUT2D eigenvalue weighted by atomic mass is 35.5. The van der Waals surface area contributed by atoms with Gasteiger partial charge in [-0.25, -0.2) is 0 Å². The summed E-state index contributed by atoms with van der Waals surface area (Å²) < 4.78 is 0. The van der Waals surface area contributed by atoms with E-state index >= 15 is 0 Å². The van der Waals surface area contributed by atoms with Gasteiger partial charge in [-0.3, -0.25) is 0 Å². The third kappa shape index (κ3) is 11.8. The van der Waals surface area contributed by atoms with Crippen molar-refractivity contribution < 1.29 is 0 Å². The predicted octanol–water partition coefficient (Wildman–Crippen LogP) is 7.40. The summed E-state index contributed by atoms with van der Waals surface area (Å²) in [5.41, 5.74) is 0. The highest BCUT2D eigenvalue weighted by Crippen LogP contribution is 2.25. The molecule has 0 aromatic rings. The van der Waals surface area contributed by atoms with Crippen molar-refractivity contribution in [3.05, 3.63) is 0 Å². The molecule has 6 heteroatoms. The Balaban J connectivity index is 3.68. The lowest BCUT2D eigenvalue weighted by Gasteiger charge is -2.18. The van der Waals surface area contributed by atoms with Gasteiger partial charge in [-0.2, -0.15) is 0 Å². The largest absolute Gasteiger partial charge is 0.125 e. The number of alkyl halides is 6. The van der Waals surface area contributed by atoms with Crippen molar-refractivity contribution in [2.75, 3.05) is 5.88 Å². The van der Waals surface area contributed by atoms with Gasteiger partial charge in [0.25, 0.3) is 0 Å². The lowest BCUT2D eigenvalue weighted by atomic mass is 10.0. The molecule has 128 valence electrons. The van der Waals surface area contributed by atoms with E-state index in [0.29, 0.717) is 5.88 Å². The first-order valence-electron chi connectivity index (χ1n) is 7.68. The van der Waals surface area contributed by atoms with E-state index in [1.807, 2.05) is 6.92 Å². The van der Waals surface area contributed by atoms with Crippen LogP contribution in [0.2, 0.25) is 0 Å². The van der Waals surface area contributed by atoms with Gasteiger partial charge in [-0.1, -0.05) is 26.2 Å². The molecule has 0 aliphatic heterocycles. The van der Waals surface area contributed by atoms with Crippen LogP contribution >= 0.6 is 69.6 Å². The van der Waals surface area contributed by atoms with Crippen molar-refractivity contribution in [2.45, 2.75) is 85.2 Å². The zero-order chi connectivity index (χ0) is 16.3. The van der Waals surface area contributed by atoms with Crippen molar-refractivity contribution in [3.63, 3.8) is 0 Å². The Kier molecular flexibility index (Phi) is 15.3. The molecule has 0 aromatic heterocycles. The van der Waals surface area contributed by atoms with Crippen molar-refractivity contribution in [1.82, 2.24) is 0 Å². The Morgan fingerprint density at radius 1 is 0.619 bits per heavy atom. The third-order valence-corrected chi connectivity index (χ3v) is 6.89.